The van der Waals surface area contributed by atoms with E-state index in [1.54, 1.807) is 13.8 Å². The molecule has 0 bridgehead atoms. The van der Waals surface area contributed by atoms with Gasteiger partial charge in [-0.25, -0.2) is 4.39 Å². The average Bonchev–Trinajstić information content (AvgIpc) is 3.32. The highest BCUT2D eigenvalue weighted by atomic mass is 19.1. The Hall–Kier alpha value is -4.33. The summed E-state index contributed by atoms with van der Waals surface area (Å²) in [7, 11) is 4.16. The molecule has 0 amide bonds. The van der Waals surface area contributed by atoms with E-state index in [1.165, 1.54) is 72.5 Å². The van der Waals surface area contributed by atoms with Gasteiger partial charge in [0, 0.05) is 48.7 Å². The van der Waals surface area contributed by atoms with E-state index in [0.717, 1.165) is 37.1 Å². The fraction of sp³-hybridized carbons (Fsp3) is 0.341. The first kappa shape index (κ1) is 32.6. The number of hydrogen-bond donors (Lipinski definition) is 1. The summed E-state index contributed by atoms with van der Waals surface area (Å²) in [4.78, 5) is 2.44. The van der Waals surface area contributed by atoms with Crippen LogP contribution in [0.5, 0.6) is 0 Å². The zero-order valence-electron chi connectivity index (χ0n) is 29.7. The van der Waals surface area contributed by atoms with Gasteiger partial charge in [-0.1, -0.05) is 74.9 Å². The highest BCUT2D eigenvalue weighted by Crippen LogP contribution is 2.47. The molecule has 2 nitrogen and oxygen atoms in total. The van der Waals surface area contributed by atoms with Crippen molar-refractivity contribution in [2.45, 2.75) is 73.4 Å². The number of anilines is 2. The summed E-state index contributed by atoms with van der Waals surface area (Å²) >= 11 is 0. The molecule has 0 saturated heterocycles. The van der Waals surface area contributed by atoms with Crippen LogP contribution in [-0.2, 0) is 18.5 Å². The third-order valence-electron chi connectivity index (χ3n) is 10.5. The molecule has 0 aromatic heterocycles. The largest absolute Gasteiger partial charge is 0.388 e. The van der Waals surface area contributed by atoms with Gasteiger partial charge in [0.25, 0.3) is 0 Å². The van der Waals surface area contributed by atoms with Gasteiger partial charge < -0.3 is 10.2 Å². The van der Waals surface area contributed by atoms with Crippen LogP contribution in [0.15, 0.2) is 95.3 Å². The number of hydrogen-bond acceptors (Lipinski definition) is 2. The Morgan fingerprint density at radius 1 is 0.936 bits per heavy atom. The zero-order chi connectivity index (χ0) is 33.6. The molecular formula is C44H49FN2. The van der Waals surface area contributed by atoms with E-state index >= 15 is 0 Å². The summed E-state index contributed by atoms with van der Waals surface area (Å²) < 4.78 is 15.0. The Morgan fingerprint density at radius 2 is 1.68 bits per heavy atom. The smallest absolute Gasteiger partial charge is 0.130 e. The van der Waals surface area contributed by atoms with Crippen molar-refractivity contribution in [1.82, 2.24) is 0 Å². The highest BCUT2D eigenvalue weighted by molar-refractivity contribution is 5.98. The summed E-state index contributed by atoms with van der Waals surface area (Å²) in [5, 5.41) is 3.38. The van der Waals surface area contributed by atoms with Crippen LogP contribution >= 0.6 is 0 Å². The van der Waals surface area contributed by atoms with E-state index < -0.39 is 5.67 Å². The quantitative estimate of drug-likeness (QED) is 0.275. The van der Waals surface area contributed by atoms with Gasteiger partial charge in [-0.3, -0.25) is 0 Å². The second-order valence-corrected chi connectivity index (χ2v) is 14.0. The van der Waals surface area contributed by atoms with Crippen LogP contribution in [-0.4, -0.2) is 20.6 Å². The minimum absolute atomic E-state index is 0.319. The monoisotopic (exact) mass is 624 g/mol. The van der Waals surface area contributed by atoms with Gasteiger partial charge in [0.1, 0.15) is 5.67 Å². The highest BCUT2D eigenvalue weighted by Gasteiger charge is 2.29. The second-order valence-electron chi connectivity index (χ2n) is 14.0. The lowest BCUT2D eigenvalue weighted by molar-refractivity contribution is 0.221. The Balaban J connectivity index is 1.52. The average molecular weight is 625 g/mol. The second kappa shape index (κ2) is 12.7. The molecule has 0 saturated carbocycles. The molecule has 1 atom stereocenters. The molecule has 6 rings (SSSR count). The predicted molar refractivity (Wildman–Crippen MR) is 202 cm³/mol. The van der Waals surface area contributed by atoms with Crippen molar-refractivity contribution < 1.29 is 4.39 Å². The Kier molecular flexibility index (Phi) is 8.81. The summed E-state index contributed by atoms with van der Waals surface area (Å²) in [5.74, 6) is 0.319. The summed E-state index contributed by atoms with van der Waals surface area (Å²) in [6.45, 7) is 15.5. The van der Waals surface area contributed by atoms with E-state index in [4.69, 9.17) is 0 Å². The molecule has 1 heterocycles. The molecule has 242 valence electrons. The number of allylic oxidation sites excluding steroid dienone is 8. The summed E-state index contributed by atoms with van der Waals surface area (Å²) in [6, 6.07) is 19.5. The molecule has 3 aromatic carbocycles. The third-order valence-corrected chi connectivity index (χ3v) is 10.5. The van der Waals surface area contributed by atoms with E-state index in [9.17, 15) is 4.39 Å². The zero-order valence-corrected chi connectivity index (χ0v) is 29.7. The number of fused-ring (bicyclic) bond motifs is 4. The van der Waals surface area contributed by atoms with Gasteiger partial charge in [-0.05, 0) is 133 Å². The first-order chi connectivity index (χ1) is 22.5. The Labute approximate surface area is 281 Å². The van der Waals surface area contributed by atoms with E-state index in [2.05, 4.69) is 118 Å². The van der Waals surface area contributed by atoms with Crippen molar-refractivity contribution in [1.29, 1.82) is 0 Å². The van der Waals surface area contributed by atoms with Crippen LogP contribution in [0.25, 0.3) is 22.3 Å². The van der Waals surface area contributed by atoms with Gasteiger partial charge in [-0.2, -0.15) is 0 Å². The van der Waals surface area contributed by atoms with Gasteiger partial charge in [0.05, 0.1) is 0 Å². The topological polar surface area (TPSA) is 15.3 Å². The van der Waals surface area contributed by atoms with Crippen molar-refractivity contribution >= 4 is 33.7 Å². The van der Waals surface area contributed by atoms with Gasteiger partial charge >= 0.3 is 0 Å². The van der Waals surface area contributed by atoms with Crippen LogP contribution in [0.4, 0.5) is 15.8 Å². The van der Waals surface area contributed by atoms with Crippen molar-refractivity contribution in [3.8, 4) is 0 Å². The van der Waals surface area contributed by atoms with Crippen LogP contribution < -0.4 is 10.2 Å². The standard InChI is InChI=1S/C44H49FN2/c1-10-30-14-12-13-15-34(30)39-23-32-24-40-36(35(32)18-16-31(39)11-2)20-21-42-43(40)27(3)22-38(29(5)28(4)26-47(42)9)37-19-17-33(44(6,7)45)25-41(37)46-8/h12-15,17-23,25,28,46H,10-11,24,26H2,1-9H3/b27-22+,38-29+. The van der Waals surface area contributed by atoms with E-state index in [1.807, 2.05) is 19.2 Å². The fourth-order valence-corrected chi connectivity index (χ4v) is 7.67. The molecule has 3 heteroatoms. The summed E-state index contributed by atoms with van der Waals surface area (Å²) in [6.07, 6.45) is 9.90. The molecule has 3 aromatic rings. The maximum atomic E-state index is 15.0. The van der Waals surface area contributed by atoms with E-state index in [0.29, 0.717) is 11.5 Å². The van der Waals surface area contributed by atoms with Crippen molar-refractivity contribution in [3.63, 3.8) is 0 Å². The van der Waals surface area contributed by atoms with Crippen molar-refractivity contribution in [3.05, 3.63) is 134 Å². The molecule has 1 aliphatic heterocycles. The normalized spacial score (nSPS) is 20.6. The third kappa shape index (κ3) is 5.87. The van der Waals surface area contributed by atoms with Crippen molar-refractivity contribution in [2.75, 3.05) is 30.9 Å². The lowest BCUT2D eigenvalue weighted by Gasteiger charge is -2.27. The number of aryl methyl sites for hydroxylation is 1. The van der Waals surface area contributed by atoms with Gasteiger partial charge in [0.15, 0.2) is 0 Å². The maximum absolute atomic E-state index is 15.0. The van der Waals surface area contributed by atoms with E-state index in [-0.39, 0.29) is 0 Å². The minimum atomic E-state index is -1.41. The molecule has 2 aliphatic carbocycles. The van der Waals surface area contributed by atoms with Crippen LogP contribution in [0, 0.1) is 5.92 Å². The molecular weight excluding hydrogens is 575 g/mol. The number of halogens is 1. The number of alkyl halides is 1. The molecule has 1 unspecified atom stereocenters. The number of benzene rings is 3. The fourth-order valence-electron chi connectivity index (χ4n) is 7.67. The number of nitrogens with zero attached hydrogens (tertiary/aromatic N) is 1. The summed E-state index contributed by atoms with van der Waals surface area (Å²) in [5.41, 5.74) is 22.1. The lowest BCUT2D eigenvalue weighted by atomic mass is 9.87. The SMILES string of the molecule is CCC1=C=CC2=C(C=C1c1ccccc1CC)Cc1c2ccc2c1/C(C)=C/C(c1ccc(C(C)(C)F)cc1NC)=C(/C)C(C)CN2C. The van der Waals surface area contributed by atoms with Gasteiger partial charge in [0.2, 0.25) is 0 Å². The molecule has 1 N–H and O–H groups in total. The molecule has 0 fully saturated rings. The van der Waals surface area contributed by atoms with Crippen LogP contribution in [0.2, 0.25) is 0 Å². The van der Waals surface area contributed by atoms with Crippen molar-refractivity contribution in [2.24, 2.45) is 5.92 Å². The molecule has 47 heavy (non-hydrogen) atoms. The first-order valence-corrected chi connectivity index (χ1v) is 17.2. The number of rotatable bonds is 6. The van der Waals surface area contributed by atoms with Crippen LogP contribution in [0.3, 0.4) is 0 Å². The first-order valence-electron chi connectivity index (χ1n) is 17.2. The minimum Gasteiger partial charge on any atom is -0.388 e. The Bertz CT molecular complexity index is 1950. The molecule has 3 aliphatic rings. The molecule has 0 spiro atoms. The number of nitrogens with one attached hydrogen (secondary N) is 1. The maximum Gasteiger partial charge on any atom is 0.130 e. The Morgan fingerprint density at radius 3 is 2.38 bits per heavy atom. The lowest BCUT2D eigenvalue weighted by Crippen LogP contribution is -2.25. The predicted octanol–water partition coefficient (Wildman–Crippen LogP) is 11.4. The van der Waals surface area contributed by atoms with Crippen LogP contribution in [0.1, 0.15) is 93.8 Å². The molecule has 0 radical (unpaired) electrons. The van der Waals surface area contributed by atoms with Gasteiger partial charge in [-0.15, -0.1) is 5.73 Å².